The van der Waals surface area contributed by atoms with E-state index in [9.17, 15) is 23.1 Å². The highest BCUT2D eigenvalue weighted by atomic mass is 32.2. The van der Waals surface area contributed by atoms with E-state index in [2.05, 4.69) is 0 Å². The maximum absolute atomic E-state index is 12.5. The largest absolute Gasteiger partial charge is 0.481 e. The van der Waals surface area contributed by atoms with Gasteiger partial charge in [-0.15, -0.1) is 0 Å². The minimum atomic E-state index is -3.06. The molecule has 2 unspecified atom stereocenters. The highest BCUT2D eigenvalue weighted by Gasteiger charge is 2.38. The first-order valence-corrected chi connectivity index (χ1v) is 8.95. The summed E-state index contributed by atoms with van der Waals surface area (Å²) in [7, 11) is -3.06. The van der Waals surface area contributed by atoms with Gasteiger partial charge in [0.25, 0.3) is 0 Å². The van der Waals surface area contributed by atoms with Crippen LogP contribution in [0, 0.1) is 11.8 Å². The number of nitrogens with zero attached hydrogens (tertiary/aromatic N) is 1. The molecule has 1 aliphatic carbocycles. The first-order valence-electron chi connectivity index (χ1n) is 7.13. The zero-order chi connectivity index (χ0) is 14.8. The fourth-order valence-corrected chi connectivity index (χ4v) is 4.39. The number of carboxylic acid groups (broad SMARTS) is 1. The summed E-state index contributed by atoms with van der Waals surface area (Å²) in [5.41, 5.74) is 0. The Labute approximate surface area is 119 Å². The van der Waals surface area contributed by atoms with Crippen molar-refractivity contribution in [3.8, 4) is 0 Å². The van der Waals surface area contributed by atoms with E-state index < -0.39 is 27.6 Å². The number of carbonyl (C=O) groups is 2. The van der Waals surface area contributed by atoms with Crippen LogP contribution in [0.25, 0.3) is 0 Å². The number of hydrogen-bond acceptors (Lipinski definition) is 4. The molecule has 7 heteroatoms. The lowest BCUT2D eigenvalue weighted by molar-refractivity contribution is -0.152. The predicted molar refractivity (Wildman–Crippen MR) is 72.9 cm³/mol. The number of carboxylic acids is 1. The van der Waals surface area contributed by atoms with Crippen LogP contribution in [0.1, 0.15) is 32.1 Å². The van der Waals surface area contributed by atoms with Crippen molar-refractivity contribution in [2.75, 3.05) is 24.6 Å². The van der Waals surface area contributed by atoms with Crippen LogP contribution in [0.15, 0.2) is 0 Å². The summed E-state index contributed by atoms with van der Waals surface area (Å²) in [6, 6.07) is 0. The number of aliphatic carboxylic acids is 1. The van der Waals surface area contributed by atoms with E-state index in [1.165, 1.54) is 0 Å². The van der Waals surface area contributed by atoms with E-state index in [-0.39, 0.29) is 24.0 Å². The van der Waals surface area contributed by atoms with E-state index in [0.29, 0.717) is 25.8 Å². The molecule has 2 aliphatic rings. The van der Waals surface area contributed by atoms with Gasteiger partial charge in [0, 0.05) is 13.1 Å². The van der Waals surface area contributed by atoms with Gasteiger partial charge in [-0.3, -0.25) is 9.59 Å². The minimum absolute atomic E-state index is 0.0107. The molecule has 0 bridgehead atoms. The Kier molecular flexibility index (Phi) is 4.67. The first-order chi connectivity index (χ1) is 9.41. The van der Waals surface area contributed by atoms with Gasteiger partial charge >= 0.3 is 5.97 Å². The van der Waals surface area contributed by atoms with E-state index in [1.54, 1.807) is 4.90 Å². The van der Waals surface area contributed by atoms with Crippen LogP contribution in [0.4, 0.5) is 0 Å². The smallest absolute Gasteiger partial charge is 0.307 e. The van der Waals surface area contributed by atoms with Gasteiger partial charge in [-0.05, 0) is 19.3 Å². The van der Waals surface area contributed by atoms with Crippen LogP contribution in [0.3, 0.4) is 0 Å². The first kappa shape index (κ1) is 15.3. The molecule has 2 fully saturated rings. The third-order valence-corrected chi connectivity index (χ3v) is 5.98. The maximum Gasteiger partial charge on any atom is 0.307 e. The monoisotopic (exact) mass is 303 g/mol. The number of amides is 1. The average Bonchev–Trinajstić information content (AvgIpc) is 2.59. The van der Waals surface area contributed by atoms with Crippen molar-refractivity contribution in [3.05, 3.63) is 0 Å². The average molecular weight is 303 g/mol. The van der Waals surface area contributed by atoms with Crippen molar-refractivity contribution < 1.29 is 23.1 Å². The summed E-state index contributed by atoms with van der Waals surface area (Å²) < 4.78 is 23.1. The van der Waals surface area contributed by atoms with Crippen molar-refractivity contribution in [2.45, 2.75) is 32.1 Å². The Morgan fingerprint density at radius 2 is 1.60 bits per heavy atom. The lowest BCUT2D eigenvalue weighted by Gasteiger charge is -2.32. The Bertz CT molecular complexity index is 487. The Balaban J connectivity index is 2.07. The number of carbonyl (C=O) groups excluding carboxylic acids is 1. The molecule has 1 amide bonds. The zero-order valence-corrected chi connectivity index (χ0v) is 12.3. The normalized spacial score (nSPS) is 30.5. The van der Waals surface area contributed by atoms with Gasteiger partial charge in [0.1, 0.15) is 0 Å². The summed E-state index contributed by atoms with van der Waals surface area (Å²) >= 11 is 0. The fraction of sp³-hybridized carbons (Fsp3) is 0.846. The molecule has 2 atom stereocenters. The molecule has 6 nitrogen and oxygen atoms in total. The molecular formula is C13H21NO5S. The summed E-state index contributed by atoms with van der Waals surface area (Å²) in [6.07, 6.45) is 3.29. The van der Waals surface area contributed by atoms with Crippen LogP contribution in [0.5, 0.6) is 0 Å². The molecule has 2 rings (SSSR count). The lowest BCUT2D eigenvalue weighted by atomic mass is 9.78. The Morgan fingerprint density at radius 1 is 0.950 bits per heavy atom. The molecule has 1 heterocycles. The van der Waals surface area contributed by atoms with E-state index in [0.717, 1.165) is 12.8 Å². The molecule has 0 aromatic heterocycles. The van der Waals surface area contributed by atoms with Gasteiger partial charge in [0.05, 0.1) is 23.3 Å². The van der Waals surface area contributed by atoms with Crippen molar-refractivity contribution in [1.29, 1.82) is 0 Å². The highest BCUT2D eigenvalue weighted by Crippen LogP contribution is 2.32. The third kappa shape index (κ3) is 3.50. The molecule has 0 radical (unpaired) electrons. The van der Waals surface area contributed by atoms with Crippen molar-refractivity contribution >= 4 is 21.7 Å². The second-order valence-electron chi connectivity index (χ2n) is 5.67. The van der Waals surface area contributed by atoms with Crippen LogP contribution in [-0.4, -0.2) is 54.9 Å². The van der Waals surface area contributed by atoms with Gasteiger partial charge < -0.3 is 10.0 Å². The standard InChI is InChI=1S/C13H21NO5S/c15-12(10-4-1-2-5-11(10)13(16)17)14-6-3-8-20(18,19)9-7-14/h10-11H,1-9H2,(H,16,17). The molecule has 1 aliphatic heterocycles. The fourth-order valence-electron chi connectivity index (χ4n) is 3.12. The van der Waals surface area contributed by atoms with Crippen LogP contribution in [0.2, 0.25) is 0 Å². The second kappa shape index (κ2) is 6.11. The topological polar surface area (TPSA) is 91.8 Å². The molecule has 20 heavy (non-hydrogen) atoms. The molecule has 1 saturated carbocycles. The number of sulfone groups is 1. The zero-order valence-electron chi connectivity index (χ0n) is 11.5. The third-order valence-electron chi connectivity index (χ3n) is 4.27. The van der Waals surface area contributed by atoms with Crippen molar-refractivity contribution in [1.82, 2.24) is 4.90 Å². The number of rotatable bonds is 2. The quantitative estimate of drug-likeness (QED) is 0.803. The molecule has 0 aromatic rings. The summed E-state index contributed by atoms with van der Waals surface area (Å²) in [5.74, 6) is -2.08. The summed E-state index contributed by atoms with van der Waals surface area (Å²) in [4.78, 5) is 25.3. The Hall–Kier alpha value is -1.11. The molecular weight excluding hydrogens is 282 g/mol. The van der Waals surface area contributed by atoms with Crippen LogP contribution in [-0.2, 0) is 19.4 Å². The van der Waals surface area contributed by atoms with Gasteiger partial charge in [-0.2, -0.15) is 0 Å². The molecule has 114 valence electrons. The molecule has 0 aromatic carbocycles. The van der Waals surface area contributed by atoms with Gasteiger partial charge in [0.15, 0.2) is 9.84 Å². The van der Waals surface area contributed by atoms with Gasteiger partial charge in [0.2, 0.25) is 5.91 Å². The Morgan fingerprint density at radius 3 is 2.25 bits per heavy atom. The predicted octanol–water partition coefficient (Wildman–Crippen LogP) is 0.525. The van der Waals surface area contributed by atoms with E-state index >= 15 is 0 Å². The van der Waals surface area contributed by atoms with Crippen molar-refractivity contribution in [3.63, 3.8) is 0 Å². The molecule has 1 saturated heterocycles. The number of hydrogen-bond donors (Lipinski definition) is 1. The maximum atomic E-state index is 12.5. The van der Waals surface area contributed by atoms with Gasteiger partial charge in [-0.1, -0.05) is 12.8 Å². The SMILES string of the molecule is O=C(O)C1CCCCC1C(=O)N1CCCS(=O)(=O)CC1. The molecule has 1 N–H and O–H groups in total. The van der Waals surface area contributed by atoms with E-state index in [1.807, 2.05) is 0 Å². The summed E-state index contributed by atoms with van der Waals surface area (Å²) in [6.45, 7) is 0.616. The van der Waals surface area contributed by atoms with Crippen molar-refractivity contribution in [2.24, 2.45) is 11.8 Å². The van der Waals surface area contributed by atoms with Crippen LogP contribution < -0.4 is 0 Å². The second-order valence-corrected chi connectivity index (χ2v) is 7.97. The lowest BCUT2D eigenvalue weighted by Crippen LogP contribution is -2.43. The van der Waals surface area contributed by atoms with E-state index in [4.69, 9.17) is 0 Å². The highest BCUT2D eigenvalue weighted by molar-refractivity contribution is 7.91. The van der Waals surface area contributed by atoms with Gasteiger partial charge in [-0.25, -0.2) is 8.42 Å². The van der Waals surface area contributed by atoms with Crippen LogP contribution >= 0.6 is 0 Å². The minimum Gasteiger partial charge on any atom is -0.481 e. The summed E-state index contributed by atoms with van der Waals surface area (Å²) in [5, 5.41) is 9.23. The molecule has 0 spiro atoms.